The Morgan fingerprint density at radius 3 is 2.48 bits per heavy atom. The second kappa shape index (κ2) is 7.10. The van der Waals surface area contributed by atoms with Crippen molar-refractivity contribution in [2.45, 2.75) is 59.8 Å². The molecule has 0 bridgehead atoms. The van der Waals surface area contributed by atoms with Crippen molar-refractivity contribution in [1.29, 1.82) is 0 Å². The molecule has 118 valence electrons. The van der Waals surface area contributed by atoms with Gasteiger partial charge < -0.3 is 10.2 Å². The Hall–Kier alpha value is -1.32. The zero-order chi connectivity index (χ0) is 15.3. The number of hydrogen-bond donors (Lipinski definition) is 1. The monoisotopic (exact) mass is 290 g/mol. The number of anilines is 2. The molecule has 0 spiro atoms. The van der Waals surface area contributed by atoms with Gasteiger partial charge in [0.1, 0.15) is 17.5 Å². The van der Waals surface area contributed by atoms with Crippen molar-refractivity contribution >= 4 is 11.6 Å². The molecule has 2 rings (SSSR count). The third-order valence-corrected chi connectivity index (χ3v) is 4.23. The van der Waals surface area contributed by atoms with Crippen LogP contribution in [-0.2, 0) is 6.42 Å². The summed E-state index contributed by atoms with van der Waals surface area (Å²) in [5.41, 5.74) is 0.471. The van der Waals surface area contributed by atoms with Crippen molar-refractivity contribution in [3.63, 3.8) is 0 Å². The van der Waals surface area contributed by atoms with Crippen LogP contribution < -0.4 is 10.2 Å². The van der Waals surface area contributed by atoms with Gasteiger partial charge >= 0.3 is 0 Å². The molecule has 0 unspecified atom stereocenters. The first kappa shape index (κ1) is 16.1. The fourth-order valence-electron chi connectivity index (χ4n) is 2.67. The Balaban J connectivity index is 2.15. The van der Waals surface area contributed by atoms with Gasteiger partial charge in [0.15, 0.2) is 0 Å². The van der Waals surface area contributed by atoms with Crippen LogP contribution >= 0.6 is 0 Å². The van der Waals surface area contributed by atoms with Crippen LogP contribution in [0.4, 0.5) is 11.6 Å². The van der Waals surface area contributed by atoms with Crippen LogP contribution in [0.3, 0.4) is 0 Å². The molecule has 1 aromatic heterocycles. The molecular formula is C17H30N4. The van der Waals surface area contributed by atoms with E-state index >= 15 is 0 Å². The van der Waals surface area contributed by atoms with Crippen LogP contribution in [0.15, 0.2) is 6.07 Å². The number of piperidine rings is 1. The van der Waals surface area contributed by atoms with E-state index in [1.165, 1.54) is 12.8 Å². The standard InChI is InChI=1S/C17H30N4/c1-5-7-14-19-15(18-10-6-2)13-16(20-14)21-11-8-17(3,4)9-12-21/h13H,5-12H2,1-4H3,(H,18,19,20). The fraction of sp³-hybridized carbons (Fsp3) is 0.765. The molecule has 4 nitrogen and oxygen atoms in total. The number of hydrogen-bond acceptors (Lipinski definition) is 4. The molecule has 4 heteroatoms. The highest BCUT2D eigenvalue weighted by atomic mass is 15.2. The minimum Gasteiger partial charge on any atom is -0.370 e. The summed E-state index contributed by atoms with van der Waals surface area (Å²) in [4.78, 5) is 11.8. The van der Waals surface area contributed by atoms with Crippen LogP contribution in [0.25, 0.3) is 0 Å². The summed E-state index contributed by atoms with van der Waals surface area (Å²) in [5.74, 6) is 3.05. The summed E-state index contributed by atoms with van der Waals surface area (Å²) in [5, 5.41) is 3.41. The van der Waals surface area contributed by atoms with Gasteiger partial charge in [0.25, 0.3) is 0 Å². The number of aryl methyl sites for hydroxylation is 1. The first-order chi connectivity index (χ1) is 10.0. The summed E-state index contributed by atoms with van der Waals surface area (Å²) >= 11 is 0. The van der Waals surface area contributed by atoms with Crippen LogP contribution in [0.2, 0.25) is 0 Å². The predicted octanol–water partition coefficient (Wildman–Crippen LogP) is 3.88. The first-order valence-electron chi connectivity index (χ1n) is 8.41. The zero-order valence-electron chi connectivity index (χ0n) is 14.1. The van der Waals surface area contributed by atoms with E-state index in [4.69, 9.17) is 4.98 Å². The quantitative estimate of drug-likeness (QED) is 0.863. The Labute approximate surface area is 129 Å². The molecule has 1 aliphatic rings. The van der Waals surface area contributed by atoms with E-state index in [9.17, 15) is 0 Å². The van der Waals surface area contributed by atoms with Crippen LogP contribution in [0.5, 0.6) is 0 Å². The largest absolute Gasteiger partial charge is 0.370 e. The van der Waals surface area contributed by atoms with E-state index in [1.807, 2.05) is 0 Å². The zero-order valence-corrected chi connectivity index (χ0v) is 14.1. The Bertz CT molecular complexity index is 446. The van der Waals surface area contributed by atoms with Gasteiger partial charge in [0, 0.05) is 32.1 Å². The van der Waals surface area contributed by atoms with Gasteiger partial charge in [0.05, 0.1) is 0 Å². The lowest BCUT2D eigenvalue weighted by molar-refractivity contribution is 0.279. The Morgan fingerprint density at radius 2 is 1.86 bits per heavy atom. The normalized spacial score (nSPS) is 17.8. The van der Waals surface area contributed by atoms with Crippen molar-refractivity contribution in [3.05, 3.63) is 11.9 Å². The molecule has 0 aromatic carbocycles. The smallest absolute Gasteiger partial charge is 0.134 e. The summed E-state index contributed by atoms with van der Waals surface area (Å²) in [6.07, 6.45) is 5.62. The van der Waals surface area contributed by atoms with Crippen molar-refractivity contribution in [1.82, 2.24) is 9.97 Å². The number of rotatable bonds is 6. The van der Waals surface area contributed by atoms with Crippen LogP contribution in [0, 0.1) is 5.41 Å². The second-order valence-corrected chi connectivity index (χ2v) is 6.86. The van der Waals surface area contributed by atoms with Gasteiger partial charge in [-0.05, 0) is 31.1 Å². The highest BCUT2D eigenvalue weighted by Gasteiger charge is 2.26. The minimum atomic E-state index is 0.471. The van der Waals surface area contributed by atoms with Crippen molar-refractivity contribution in [2.24, 2.45) is 5.41 Å². The van der Waals surface area contributed by atoms with Crippen molar-refractivity contribution < 1.29 is 0 Å². The SMILES string of the molecule is CCCNc1cc(N2CCC(C)(C)CC2)nc(CCC)n1. The number of nitrogens with zero attached hydrogens (tertiary/aromatic N) is 3. The van der Waals surface area contributed by atoms with E-state index in [1.54, 1.807) is 0 Å². The highest BCUT2D eigenvalue weighted by molar-refractivity contribution is 5.49. The molecule has 1 saturated heterocycles. The van der Waals surface area contributed by atoms with E-state index in [0.717, 1.165) is 56.4 Å². The van der Waals surface area contributed by atoms with Gasteiger partial charge in [-0.15, -0.1) is 0 Å². The lowest BCUT2D eigenvalue weighted by atomic mass is 9.83. The maximum absolute atomic E-state index is 4.78. The van der Waals surface area contributed by atoms with Gasteiger partial charge in [0.2, 0.25) is 0 Å². The van der Waals surface area contributed by atoms with Crippen molar-refractivity contribution in [3.8, 4) is 0 Å². The average Bonchev–Trinajstić information content (AvgIpc) is 2.45. The molecule has 0 radical (unpaired) electrons. The Morgan fingerprint density at radius 1 is 1.14 bits per heavy atom. The Kier molecular flexibility index (Phi) is 5.43. The lowest BCUT2D eigenvalue weighted by Crippen LogP contribution is -2.38. The molecule has 2 heterocycles. The summed E-state index contributed by atoms with van der Waals surface area (Å²) in [6, 6.07) is 2.12. The van der Waals surface area contributed by atoms with E-state index in [0.29, 0.717) is 5.41 Å². The van der Waals surface area contributed by atoms with E-state index in [-0.39, 0.29) is 0 Å². The molecule has 0 atom stereocenters. The van der Waals surface area contributed by atoms with Crippen LogP contribution in [-0.4, -0.2) is 29.6 Å². The molecular weight excluding hydrogens is 260 g/mol. The van der Waals surface area contributed by atoms with Gasteiger partial charge in [-0.25, -0.2) is 9.97 Å². The first-order valence-corrected chi connectivity index (χ1v) is 8.41. The van der Waals surface area contributed by atoms with Gasteiger partial charge in [-0.2, -0.15) is 0 Å². The van der Waals surface area contributed by atoms with E-state index in [2.05, 4.69) is 49.0 Å². The highest BCUT2D eigenvalue weighted by Crippen LogP contribution is 2.32. The molecule has 1 N–H and O–H groups in total. The topological polar surface area (TPSA) is 41.0 Å². The van der Waals surface area contributed by atoms with Crippen LogP contribution in [0.1, 0.15) is 59.2 Å². The molecule has 1 aromatic rings. The molecule has 1 aliphatic heterocycles. The molecule has 0 amide bonds. The average molecular weight is 290 g/mol. The van der Waals surface area contributed by atoms with Crippen molar-refractivity contribution in [2.75, 3.05) is 29.9 Å². The lowest BCUT2D eigenvalue weighted by Gasteiger charge is -2.37. The third kappa shape index (κ3) is 4.58. The fourth-order valence-corrected chi connectivity index (χ4v) is 2.67. The minimum absolute atomic E-state index is 0.471. The summed E-state index contributed by atoms with van der Waals surface area (Å²) in [6.45, 7) is 12.2. The molecule has 1 fully saturated rings. The molecule has 0 saturated carbocycles. The van der Waals surface area contributed by atoms with Gasteiger partial charge in [-0.1, -0.05) is 27.7 Å². The van der Waals surface area contributed by atoms with E-state index < -0.39 is 0 Å². The maximum Gasteiger partial charge on any atom is 0.134 e. The molecule has 21 heavy (non-hydrogen) atoms. The summed E-state index contributed by atoms with van der Waals surface area (Å²) < 4.78 is 0. The maximum atomic E-state index is 4.78. The third-order valence-electron chi connectivity index (χ3n) is 4.23. The number of aromatic nitrogens is 2. The number of nitrogens with one attached hydrogen (secondary N) is 1. The summed E-state index contributed by atoms with van der Waals surface area (Å²) in [7, 11) is 0. The second-order valence-electron chi connectivity index (χ2n) is 6.86. The molecule has 0 aliphatic carbocycles. The predicted molar refractivity (Wildman–Crippen MR) is 90.0 cm³/mol. The van der Waals surface area contributed by atoms with Gasteiger partial charge in [-0.3, -0.25) is 0 Å².